The lowest BCUT2D eigenvalue weighted by Gasteiger charge is -1.93. The van der Waals surface area contributed by atoms with Gasteiger partial charge in [-0.05, 0) is 18.6 Å². The number of hydrogen-bond acceptors (Lipinski definition) is 1. The van der Waals surface area contributed by atoms with Crippen molar-refractivity contribution in [2.24, 2.45) is 0 Å². The maximum atomic E-state index is 5.61. The van der Waals surface area contributed by atoms with Crippen molar-refractivity contribution >= 4 is 17.7 Å². The van der Waals surface area contributed by atoms with Crippen LogP contribution in [-0.4, -0.2) is 10.9 Å². The van der Waals surface area contributed by atoms with Gasteiger partial charge in [-0.1, -0.05) is 17.7 Å². The first-order valence-corrected chi connectivity index (χ1v) is 3.99. The predicted molar refractivity (Wildman–Crippen MR) is 48.6 cm³/mol. The second kappa shape index (κ2) is 4.14. The first kappa shape index (κ1) is 8.28. The van der Waals surface area contributed by atoms with Crippen molar-refractivity contribution in [2.45, 2.75) is 6.92 Å². The van der Waals surface area contributed by atoms with Crippen molar-refractivity contribution in [3.8, 4) is 0 Å². The smallest absolute Gasteiger partial charge is 0.0434 e. The molecule has 1 heterocycles. The highest BCUT2D eigenvalue weighted by molar-refractivity contribution is 6.19. The minimum Gasteiger partial charge on any atom is -0.264 e. The molecule has 0 amide bonds. The summed E-state index contributed by atoms with van der Waals surface area (Å²) in [5.41, 5.74) is 2.25. The number of nitrogens with zero attached hydrogens (tertiary/aromatic N) is 1. The van der Waals surface area contributed by atoms with E-state index in [0.717, 1.165) is 11.1 Å². The van der Waals surface area contributed by atoms with Crippen molar-refractivity contribution in [3.05, 3.63) is 35.7 Å². The van der Waals surface area contributed by atoms with Gasteiger partial charge >= 0.3 is 0 Å². The van der Waals surface area contributed by atoms with E-state index in [2.05, 4.69) is 4.98 Å². The van der Waals surface area contributed by atoms with Crippen molar-refractivity contribution in [2.75, 3.05) is 5.88 Å². The minimum atomic E-state index is 0.578. The Labute approximate surface area is 71.7 Å². The highest BCUT2D eigenvalue weighted by atomic mass is 35.5. The highest BCUT2D eigenvalue weighted by Gasteiger charge is 1.87. The number of alkyl halides is 1. The molecule has 0 bridgehead atoms. The highest BCUT2D eigenvalue weighted by Crippen LogP contribution is 2.05. The predicted octanol–water partition coefficient (Wildman–Crippen LogP) is 2.72. The minimum absolute atomic E-state index is 0.578. The Bertz CT molecular complexity index is 241. The number of halogens is 1. The summed E-state index contributed by atoms with van der Waals surface area (Å²) in [6.45, 7) is 2.00. The summed E-state index contributed by atoms with van der Waals surface area (Å²) < 4.78 is 0. The van der Waals surface area contributed by atoms with Gasteiger partial charge in [0.1, 0.15) is 0 Å². The maximum Gasteiger partial charge on any atom is 0.0434 e. The van der Waals surface area contributed by atoms with Crippen LogP contribution >= 0.6 is 11.6 Å². The molecule has 58 valence electrons. The Balaban J connectivity index is 2.79. The summed E-state index contributed by atoms with van der Waals surface area (Å²) in [5.74, 6) is 0.578. The molecule has 0 fully saturated rings. The van der Waals surface area contributed by atoms with Gasteiger partial charge < -0.3 is 0 Å². The van der Waals surface area contributed by atoms with Gasteiger partial charge in [-0.15, -0.1) is 11.6 Å². The summed E-state index contributed by atoms with van der Waals surface area (Å²) >= 11 is 5.61. The average Bonchev–Trinajstić information content (AvgIpc) is 2.06. The lowest BCUT2D eigenvalue weighted by molar-refractivity contribution is 1.31. The molecule has 0 aliphatic carbocycles. The molecule has 1 aromatic heterocycles. The second-order valence-corrected chi connectivity index (χ2v) is 2.68. The van der Waals surface area contributed by atoms with Crippen LogP contribution in [0, 0.1) is 0 Å². The Morgan fingerprint density at radius 3 is 3.09 bits per heavy atom. The largest absolute Gasteiger partial charge is 0.264 e. The Kier molecular flexibility index (Phi) is 3.12. The zero-order chi connectivity index (χ0) is 8.10. The SMILES string of the molecule is CC(=Cc1cccnc1)CCl. The van der Waals surface area contributed by atoms with E-state index in [-0.39, 0.29) is 0 Å². The van der Waals surface area contributed by atoms with Gasteiger partial charge in [0.15, 0.2) is 0 Å². The lowest BCUT2D eigenvalue weighted by Crippen LogP contribution is -1.78. The van der Waals surface area contributed by atoms with Crippen LogP contribution in [0.3, 0.4) is 0 Å². The Morgan fingerprint density at radius 2 is 2.55 bits per heavy atom. The fraction of sp³-hybridized carbons (Fsp3) is 0.222. The second-order valence-electron chi connectivity index (χ2n) is 2.41. The van der Waals surface area contributed by atoms with Crippen LogP contribution in [0.1, 0.15) is 12.5 Å². The molecule has 0 spiro atoms. The summed E-state index contributed by atoms with van der Waals surface area (Å²) in [4.78, 5) is 3.98. The van der Waals surface area contributed by atoms with Crippen molar-refractivity contribution in [1.29, 1.82) is 0 Å². The number of pyridine rings is 1. The summed E-state index contributed by atoms with van der Waals surface area (Å²) in [5, 5.41) is 0. The average molecular weight is 168 g/mol. The fourth-order valence-corrected chi connectivity index (χ4v) is 0.862. The summed E-state index contributed by atoms with van der Waals surface area (Å²) in [7, 11) is 0. The van der Waals surface area contributed by atoms with Crippen molar-refractivity contribution in [1.82, 2.24) is 4.98 Å². The Morgan fingerprint density at radius 1 is 1.73 bits per heavy atom. The van der Waals surface area contributed by atoms with E-state index in [4.69, 9.17) is 11.6 Å². The number of allylic oxidation sites excluding steroid dienone is 1. The third kappa shape index (κ3) is 2.72. The zero-order valence-corrected chi connectivity index (χ0v) is 7.17. The van der Waals surface area contributed by atoms with Gasteiger partial charge in [-0.2, -0.15) is 0 Å². The van der Waals surface area contributed by atoms with Crippen LogP contribution in [0.15, 0.2) is 30.1 Å². The van der Waals surface area contributed by atoms with E-state index in [1.54, 1.807) is 6.20 Å². The van der Waals surface area contributed by atoms with E-state index in [1.165, 1.54) is 0 Å². The lowest BCUT2D eigenvalue weighted by atomic mass is 10.2. The Hall–Kier alpha value is -0.820. The van der Waals surface area contributed by atoms with Crippen LogP contribution in [0.2, 0.25) is 0 Å². The monoisotopic (exact) mass is 167 g/mol. The van der Waals surface area contributed by atoms with E-state index in [9.17, 15) is 0 Å². The maximum absolute atomic E-state index is 5.61. The van der Waals surface area contributed by atoms with E-state index >= 15 is 0 Å². The molecule has 0 saturated carbocycles. The molecule has 0 aliphatic rings. The molecule has 1 rings (SSSR count). The van der Waals surface area contributed by atoms with Gasteiger partial charge in [-0.25, -0.2) is 0 Å². The van der Waals surface area contributed by atoms with E-state index < -0.39 is 0 Å². The molecule has 0 saturated heterocycles. The van der Waals surface area contributed by atoms with Gasteiger partial charge in [-0.3, -0.25) is 4.98 Å². The number of aromatic nitrogens is 1. The molecule has 0 radical (unpaired) electrons. The third-order valence-electron chi connectivity index (χ3n) is 1.31. The molecule has 11 heavy (non-hydrogen) atoms. The molecule has 1 aromatic rings. The van der Waals surface area contributed by atoms with Crippen LogP contribution in [0.5, 0.6) is 0 Å². The standard InChI is InChI=1S/C9H10ClN/c1-8(6-10)5-9-3-2-4-11-7-9/h2-5,7H,6H2,1H3. The molecule has 0 atom stereocenters. The topological polar surface area (TPSA) is 12.9 Å². The molecule has 2 heteroatoms. The van der Waals surface area contributed by atoms with Crippen LogP contribution in [-0.2, 0) is 0 Å². The van der Waals surface area contributed by atoms with E-state index in [1.807, 2.05) is 31.3 Å². The van der Waals surface area contributed by atoms with Gasteiger partial charge in [0, 0.05) is 18.3 Å². The van der Waals surface area contributed by atoms with Crippen molar-refractivity contribution < 1.29 is 0 Å². The summed E-state index contributed by atoms with van der Waals surface area (Å²) in [6.07, 6.45) is 5.60. The molecule has 0 unspecified atom stereocenters. The van der Waals surface area contributed by atoms with Gasteiger partial charge in [0.25, 0.3) is 0 Å². The van der Waals surface area contributed by atoms with Crippen LogP contribution < -0.4 is 0 Å². The molecular formula is C9H10ClN. The zero-order valence-electron chi connectivity index (χ0n) is 6.42. The van der Waals surface area contributed by atoms with Gasteiger partial charge in [0.05, 0.1) is 0 Å². The fourth-order valence-electron chi connectivity index (χ4n) is 0.784. The van der Waals surface area contributed by atoms with Crippen molar-refractivity contribution in [3.63, 3.8) is 0 Å². The van der Waals surface area contributed by atoms with Gasteiger partial charge in [0.2, 0.25) is 0 Å². The molecule has 0 N–H and O–H groups in total. The number of rotatable bonds is 2. The molecular weight excluding hydrogens is 158 g/mol. The van der Waals surface area contributed by atoms with E-state index in [0.29, 0.717) is 5.88 Å². The van der Waals surface area contributed by atoms with Crippen LogP contribution in [0.4, 0.5) is 0 Å². The molecule has 0 aromatic carbocycles. The first-order chi connectivity index (χ1) is 5.33. The normalized spacial score (nSPS) is 11.6. The number of hydrogen-bond donors (Lipinski definition) is 0. The third-order valence-corrected chi connectivity index (χ3v) is 1.73. The molecule has 0 aliphatic heterocycles. The molecule has 1 nitrogen and oxygen atoms in total. The first-order valence-electron chi connectivity index (χ1n) is 3.46. The quantitative estimate of drug-likeness (QED) is 0.618. The van der Waals surface area contributed by atoms with Crippen LogP contribution in [0.25, 0.3) is 6.08 Å². The summed E-state index contributed by atoms with van der Waals surface area (Å²) in [6, 6.07) is 3.91.